The van der Waals surface area contributed by atoms with Crippen molar-refractivity contribution in [1.82, 2.24) is 0 Å². The molecule has 0 spiro atoms. The van der Waals surface area contributed by atoms with E-state index in [4.69, 9.17) is 4.74 Å². The average Bonchev–Trinajstić information content (AvgIpc) is 2.56. The number of aromatic hydroxyl groups is 1. The second kappa shape index (κ2) is 7.33. The molecule has 1 aliphatic heterocycles. The number of benzene rings is 1. The number of phenols is 1. The SMILES string of the molecule is CCCCCCC(C)(C)c1cc(O)c2c(c1)O[C@@]1(C)CCCC(C)(C)[C@H]1C2. The van der Waals surface area contributed by atoms with Crippen LogP contribution >= 0.6 is 0 Å². The highest BCUT2D eigenvalue weighted by molar-refractivity contribution is 5.51. The summed E-state index contributed by atoms with van der Waals surface area (Å²) in [5.74, 6) is 1.83. The fourth-order valence-electron chi connectivity index (χ4n) is 5.60. The van der Waals surface area contributed by atoms with Crippen molar-refractivity contribution in [3.63, 3.8) is 0 Å². The number of hydrogen-bond acceptors (Lipinski definition) is 2. The molecule has 0 amide bonds. The van der Waals surface area contributed by atoms with Crippen LogP contribution in [0.25, 0.3) is 0 Å². The van der Waals surface area contributed by atoms with E-state index < -0.39 is 0 Å². The van der Waals surface area contributed by atoms with Gasteiger partial charge in [0, 0.05) is 11.5 Å². The summed E-state index contributed by atoms with van der Waals surface area (Å²) < 4.78 is 6.66. The Labute approximate surface area is 166 Å². The minimum Gasteiger partial charge on any atom is -0.508 e. The van der Waals surface area contributed by atoms with E-state index in [-0.39, 0.29) is 16.4 Å². The van der Waals surface area contributed by atoms with Gasteiger partial charge in [0.05, 0.1) is 0 Å². The molecule has 2 nitrogen and oxygen atoms in total. The number of unbranched alkanes of at least 4 members (excludes halogenated alkanes) is 3. The summed E-state index contributed by atoms with van der Waals surface area (Å²) >= 11 is 0. The number of ether oxygens (including phenoxy) is 1. The van der Waals surface area contributed by atoms with Gasteiger partial charge in [0.25, 0.3) is 0 Å². The summed E-state index contributed by atoms with van der Waals surface area (Å²) in [7, 11) is 0. The Balaban J connectivity index is 1.88. The van der Waals surface area contributed by atoms with Gasteiger partial charge in [-0.15, -0.1) is 0 Å². The van der Waals surface area contributed by atoms with Crippen LogP contribution in [0.1, 0.15) is 104 Å². The van der Waals surface area contributed by atoms with Crippen molar-refractivity contribution in [3.8, 4) is 11.5 Å². The standard InChI is InChI=1S/C25H40O2/c1-7-8-9-10-12-23(2,3)18-15-20(26)19-17-22-24(4,5)13-11-14-25(22,6)27-21(19)16-18/h15-16,22,26H,7-14,17H2,1-6H3/t22-,25+/m1/s1. The summed E-state index contributed by atoms with van der Waals surface area (Å²) in [6.07, 6.45) is 10.8. The lowest BCUT2D eigenvalue weighted by Crippen LogP contribution is -2.54. The molecule has 0 radical (unpaired) electrons. The smallest absolute Gasteiger partial charge is 0.127 e. The van der Waals surface area contributed by atoms with Crippen molar-refractivity contribution in [2.24, 2.45) is 11.3 Å². The van der Waals surface area contributed by atoms with Crippen LogP contribution in [0.15, 0.2) is 12.1 Å². The first-order valence-corrected chi connectivity index (χ1v) is 11.1. The number of rotatable bonds is 6. The summed E-state index contributed by atoms with van der Waals surface area (Å²) in [6, 6.07) is 4.25. The average molecular weight is 373 g/mol. The zero-order valence-electron chi connectivity index (χ0n) is 18.5. The summed E-state index contributed by atoms with van der Waals surface area (Å²) in [5.41, 5.74) is 2.46. The summed E-state index contributed by atoms with van der Waals surface area (Å²) in [5, 5.41) is 10.9. The molecule has 2 atom stereocenters. The molecule has 0 saturated heterocycles. The van der Waals surface area contributed by atoms with Gasteiger partial charge in [-0.3, -0.25) is 0 Å². The molecule has 1 aromatic rings. The molecule has 1 saturated carbocycles. The number of phenolic OH excluding ortho intramolecular Hbond substituents is 1. The molecule has 1 fully saturated rings. The molecule has 0 bridgehead atoms. The molecular weight excluding hydrogens is 332 g/mol. The van der Waals surface area contributed by atoms with Crippen molar-refractivity contribution < 1.29 is 9.84 Å². The maximum atomic E-state index is 10.9. The molecule has 0 unspecified atom stereocenters. The van der Waals surface area contributed by atoms with E-state index in [0.29, 0.717) is 11.7 Å². The van der Waals surface area contributed by atoms with Gasteiger partial charge in [-0.1, -0.05) is 60.3 Å². The van der Waals surface area contributed by atoms with Crippen LogP contribution in [0.3, 0.4) is 0 Å². The zero-order chi connectivity index (χ0) is 19.9. The molecule has 3 rings (SSSR count). The van der Waals surface area contributed by atoms with Crippen molar-refractivity contribution in [3.05, 3.63) is 23.3 Å². The van der Waals surface area contributed by atoms with E-state index in [9.17, 15) is 5.11 Å². The minimum atomic E-state index is -0.106. The van der Waals surface area contributed by atoms with E-state index in [0.717, 1.165) is 30.6 Å². The highest BCUT2D eigenvalue weighted by Gasteiger charge is 2.51. The Morgan fingerprint density at radius 1 is 1.11 bits per heavy atom. The van der Waals surface area contributed by atoms with Gasteiger partial charge in [0.15, 0.2) is 0 Å². The maximum Gasteiger partial charge on any atom is 0.127 e. The lowest BCUT2D eigenvalue weighted by atomic mass is 9.59. The van der Waals surface area contributed by atoms with Gasteiger partial charge in [-0.2, -0.15) is 0 Å². The number of fused-ring (bicyclic) bond motifs is 2. The third kappa shape index (κ3) is 4.00. The van der Waals surface area contributed by atoms with Crippen LogP contribution in [0, 0.1) is 11.3 Å². The Morgan fingerprint density at radius 3 is 2.56 bits per heavy atom. The molecule has 27 heavy (non-hydrogen) atoms. The van der Waals surface area contributed by atoms with Crippen molar-refractivity contribution in [2.45, 2.75) is 110 Å². The van der Waals surface area contributed by atoms with E-state index in [2.05, 4.69) is 47.6 Å². The first kappa shape index (κ1) is 20.6. The van der Waals surface area contributed by atoms with Crippen LogP contribution in [-0.2, 0) is 11.8 Å². The van der Waals surface area contributed by atoms with Crippen LogP contribution in [0.2, 0.25) is 0 Å². The molecule has 0 aromatic heterocycles. The van der Waals surface area contributed by atoms with E-state index in [1.54, 1.807) is 0 Å². The summed E-state index contributed by atoms with van der Waals surface area (Å²) in [4.78, 5) is 0. The zero-order valence-corrected chi connectivity index (χ0v) is 18.5. The quantitative estimate of drug-likeness (QED) is 0.537. The van der Waals surface area contributed by atoms with Crippen LogP contribution in [-0.4, -0.2) is 10.7 Å². The lowest BCUT2D eigenvalue weighted by molar-refractivity contribution is -0.0820. The van der Waals surface area contributed by atoms with Crippen LogP contribution in [0.4, 0.5) is 0 Å². The number of hydrogen-bond donors (Lipinski definition) is 1. The Hall–Kier alpha value is -1.18. The van der Waals surface area contributed by atoms with Crippen LogP contribution < -0.4 is 4.74 Å². The Morgan fingerprint density at radius 2 is 1.85 bits per heavy atom. The maximum absolute atomic E-state index is 10.9. The van der Waals surface area contributed by atoms with Crippen molar-refractivity contribution in [2.75, 3.05) is 0 Å². The second-order valence-electron chi connectivity index (χ2n) is 10.7. The van der Waals surface area contributed by atoms with Gasteiger partial charge >= 0.3 is 0 Å². The highest BCUT2D eigenvalue weighted by Crippen LogP contribution is 2.54. The van der Waals surface area contributed by atoms with Crippen LogP contribution in [0.5, 0.6) is 11.5 Å². The molecule has 1 aromatic carbocycles. The third-order valence-corrected chi connectivity index (χ3v) is 7.55. The largest absolute Gasteiger partial charge is 0.508 e. The second-order valence-corrected chi connectivity index (χ2v) is 10.7. The van der Waals surface area contributed by atoms with Crippen molar-refractivity contribution in [1.29, 1.82) is 0 Å². The first-order chi connectivity index (χ1) is 12.6. The predicted octanol–water partition coefficient (Wildman–Crippen LogP) is 7.16. The van der Waals surface area contributed by atoms with Gasteiger partial charge in [0.1, 0.15) is 17.1 Å². The molecule has 2 heteroatoms. The minimum absolute atomic E-state index is 0.0627. The molecule has 2 aliphatic rings. The highest BCUT2D eigenvalue weighted by atomic mass is 16.5. The fraction of sp³-hybridized carbons (Fsp3) is 0.760. The first-order valence-electron chi connectivity index (χ1n) is 11.1. The molecule has 1 heterocycles. The predicted molar refractivity (Wildman–Crippen MR) is 114 cm³/mol. The molecule has 1 N–H and O–H groups in total. The molecule has 152 valence electrons. The van der Waals surface area contributed by atoms with E-state index >= 15 is 0 Å². The Kier molecular flexibility index (Phi) is 5.58. The van der Waals surface area contributed by atoms with Gasteiger partial charge in [0.2, 0.25) is 0 Å². The normalized spacial score (nSPS) is 26.8. The Bertz CT molecular complexity index is 673. The third-order valence-electron chi connectivity index (χ3n) is 7.55. The van der Waals surface area contributed by atoms with Gasteiger partial charge in [-0.05, 0) is 67.6 Å². The molecule has 1 aliphatic carbocycles. The topological polar surface area (TPSA) is 29.5 Å². The summed E-state index contributed by atoms with van der Waals surface area (Å²) in [6.45, 7) is 13.9. The van der Waals surface area contributed by atoms with E-state index in [1.165, 1.54) is 44.1 Å². The monoisotopic (exact) mass is 372 g/mol. The van der Waals surface area contributed by atoms with Gasteiger partial charge < -0.3 is 9.84 Å². The lowest BCUT2D eigenvalue weighted by Gasteiger charge is -2.53. The molecular formula is C25H40O2. The van der Waals surface area contributed by atoms with Crippen molar-refractivity contribution >= 4 is 0 Å². The van der Waals surface area contributed by atoms with Gasteiger partial charge in [-0.25, -0.2) is 0 Å². The van der Waals surface area contributed by atoms with E-state index in [1.807, 2.05) is 6.07 Å². The fourth-order valence-corrected chi connectivity index (χ4v) is 5.60.